The van der Waals surface area contributed by atoms with E-state index in [1.807, 2.05) is 12.1 Å². The number of halogens is 1. The minimum Gasteiger partial charge on any atom is -0.398 e. The molecular formula is C13H19BrN2O. The van der Waals surface area contributed by atoms with Gasteiger partial charge in [-0.05, 0) is 31.5 Å². The number of morpholine rings is 1. The highest BCUT2D eigenvalue weighted by Gasteiger charge is 2.23. The number of hydrogen-bond acceptors (Lipinski definition) is 3. The molecular weight excluding hydrogens is 280 g/mol. The molecule has 1 heterocycles. The summed E-state index contributed by atoms with van der Waals surface area (Å²) in [6.45, 7) is 6.98. The number of nitrogen functional groups attached to an aromatic ring is 1. The molecule has 0 radical (unpaired) electrons. The third-order valence-corrected chi connectivity index (χ3v) is 3.71. The minimum absolute atomic E-state index is 0.308. The quantitative estimate of drug-likeness (QED) is 0.853. The maximum atomic E-state index is 6.03. The van der Waals surface area contributed by atoms with Gasteiger partial charge in [0.25, 0.3) is 0 Å². The van der Waals surface area contributed by atoms with Crippen LogP contribution in [0.4, 0.5) is 5.69 Å². The lowest BCUT2D eigenvalue weighted by Crippen LogP contribution is -2.46. The molecule has 1 fully saturated rings. The van der Waals surface area contributed by atoms with Crippen molar-refractivity contribution in [2.75, 3.05) is 18.9 Å². The molecule has 2 atom stereocenters. The van der Waals surface area contributed by atoms with Crippen molar-refractivity contribution >= 4 is 21.6 Å². The monoisotopic (exact) mass is 298 g/mol. The number of benzene rings is 1. The largest absolute Gasteiger partial charge is 0.398 e. The molecule has 3 nitrogen and oxygen atoms in total. The standard InChI is InChI=1S/C13H19BrN2O/c1-9-8-17-10(2)6-16(9)7-11-3-4-12(14)5-13(11)15/h3-5,9-10H,6-8,15H2,1-2H3. The van der Waals surface area contributed by atoms with Crippen LogP contribution in [0, 0.1) is 0 Å². The van der Waals surface area contributed by atoms with Crippen LogP contribution in [0.1, 0.15) is 19.4 Å². The topological polar surface area (TPSA) is 38.5 Å². The highest BCUT2D eigenvalue weighted by atomic mass is 79.9. The molecule has 0 aliphatic carbocycles. The average molecular weight is 299 g/mol. The molecule has 1 aliphatic heterocycles. The lowest BCUT2D eigenvalue weighted by molar-refractivity contribution is -0.0526. The van der Waals surface area contributed by atoms with E-state index in [0.717, 1.165) is 29.9 Å². The number of ether oxygens (including phenoxy) is 1. The van der Waals surface area contributed by atoms with E-state index in [1.54, 1.807) is 0 Å². The summed E-state index contributed by atoms with van der Waals surface area (Å²) >= 11 is 3.43. The number of hydrogen-bond donors (Lipinski definition) is 1. The first kappa shape index (κ1) is 12.9. The van der Waals surface area contributed by atoms with E-state index < -0.39 is 0 Å². The predicted molar refractivity (Wildman–Crippen MR) is 73.8 cm³/mol. The average Bonchev–Trinajstić information content (AvgIpc) is 2.27. The molecule has 1 saturated heterocycles. The number of nitrogens with two attached hydrogens (primary N) is 1. The lowest BCUT2D eigenvalue weighted by atomic mass is 10.1. The Balaban J connectivity index is 2.08. The molecule has 2 N–H and O–H groups in total. The summed E-state index contributed by atoms with van der Waals surface area (Å²) < 4.78 is 6.66. The first-order chi connectivity index (χ1) is 8.06. The van der Waals surface area contributed by atoms with Crippen LogP contribution < -0.4 is 5.73 Å². The minimum atomic E-state index is 0.308. The Morgan fingerprint density at radius 3 is 2.94 bits per heavy atom. The Morgan fingerprint density at radius 1 is 1.47 bits per heavy atom. The van der Waals surface area contributed by atoms with Crippen molar-refractivity contribution in [3.8, 4) is 0 Å². The van der Waals surface area contributed by atoms with Gasteiger partial charge in [-0.3, -0.25) is 4.90 Å². The highest BCUT2D eigenvalue weighted by Crippen LogP contribution is 2.22. The van der Waals surface area contributed by atoms with Crippen molar-refractivity contribution in [2.24, 2.45) is 0 Å². The van der Waals surface area contributed by atoms with Crippen LogP contribution in [0.25, 0.3) is 0 Å². The fourth-order valence-electron chi connectivity index (χ4n) is 2.12. The van der Waals surface area contributed by atoms with Crippen LogP contribution >= 0.6 is 15.9 Å². The molecule has 17 heavy (non-hydrogen) atoms. The normalized spacial score (nSPS) is 26.1. The van der Waals surface area contributed by atoms with Crippen LogP contribution in [-0.4, -0.2) is 30.2 Å². The van der Waals surface area contributed by atoms with Crippen molar-refractivity contribution in [3.63, 3.8) is 0 Å². The first-order valence-corrected chi connectivity index (χ1v) is 6.75. The summed E-state index contributed by atoms with van der Waals surface area (Å²) in [5, 5.41) is 0. The maximum Gasteiger partial charge on any atom is 0.0674 e. The predicted octanol–water partition coefficient (Wildman–Crippen LogP) is 2.64. The third kappa shape index (κ3) is 3.21. The van der Waals surface area contributed by atoms with Crippen molar-refractivity contribution in [1.29, 1.82) is 0 Å². The van der Waals surface area contributed by atoms with Crippen LogP contribution in [-0.2, 0) is 11.3 Å². The van der Waals surface area contributed by atoms with Gasteiger partial charge < -0.3 is 10.5 Å². The maximum absolute atomic E-state index is 6.03. The molecule has 0 amide bonds. The number of anilines is 1. The molecule has 1 aliphatic rings. The molecule has 94 valence electrons. The van der Waals surface area contributed by atoms with E-state index in [-0.39, 0.29) is 0 Å². The van der Waals surface area contributed by atoms with Gasteiger partial charge >= 0.3 is 0 Å². The first-order valence-electron chi connectivity index (χ1n) is 5.96. The van der Waals surface area contributed by atoms with Gasteiger partial charge in [0.1, 0.15) is 0 Å². The Bertz CT molecular complexity index is 397. The third-order valence-electron chi connectivity index (χ3n) is 3.22. The molecule has 2 rings (SSSR count). The lowest BCUT2D eigenvalue weighted by Gasteiger charge is -2.37. The van der Waals surface area contributed by atoms with Crippen LogP contribution in [0.5, 0.6) is 0 Å². The Labute approximate surface area is 111 Å². The smallest absolute Gasteiger partial charge is 0.0674 e. The van der Waals surface area contributed by atoms with Gasteiger partial charge in [-0.2, -0.15) is 0 Å². The second-order valence-corrected chi connectivity index (χ2v) is 5.68. The molecule has 1 aromatic rings. The van der Waals surface area contributed by atoms with Gasteiger partial charge in [0.15, 0.2) is 0 Å². The SMILES string of the molecule is CC1CN(Cc2ccc(Br)cc2N)C(C)CO1. The molecule has 4 heteroatoms. The second kappa shape index (κ2) is 5.38. The van der Waals surface area contributed by atoms with E-state index in [0.29, 0.717) is 12.1 Å². The van der Waals surface area contributed by atoms with Crippen LogP contribution in [0.3, 0.4) is 0 Å². The van der Waals surface area contributed by atoms with E-state index in [4.69, 9.17) is 10.5 Å². The molecule has 0 saturated carbocycles. The summed E-state index contributed by atoms with van der Waals surface area (Å²) in [5.74, 6) is 0. The van der Waals surface area contributed by atoms with E-state index in [9.17, 15) is 0 Å². The molecule has 0 spiro atoms. The Kier molecular flexibility index (Phi) is 4.07. The zero-order chi connectivity index (χ0) is 12.4. The van der Waals surface area contributed by atoms with Gasteiger partial charge in [-0.1, -0.05) is 22.0 Å². The molecule has 2 unspecified atom stereocenters. The van der Waals surface area contributed by atoms with Gasteiger partial charge in [0.2, 0.25) is 0 Å². The van der Waals surface area contributed by atoms with Gasteiger partial charge in [-0.15, -0.1) is 0 Å². The Hall–Kier alpha value is -0.580. The second-order valence-electron chi connectivity index (χ2n) is 4.77. The summed E-state index contributed by atoms with van der Waals surface area (Å²) in [4.78, 5) is 2.42. The molecule has 0 aromatic heterocycles. The highest BCUT2D eigenvalue weighted by molar-refractivity contribution is 9.10. The van der Waals surface area contributed by atoms with E-state index >= 15 is 0 Å². The van der Waals surface area contributed by atoms with Crippen molar-refractivity contribution in [2.45, 2.75) is 32.5 Å². The van der Waals surface area contributed by atoms with Crippen LogP contribution in [0.2, 0.25) is 0 Å². The van der Waals surface area contributed by atoms with E-state index in [2.05, 4.69) is 40.7 Å². The Morgan fingerprint density at radius 2 is 2.24 bits per heavy atom. The summed E-state index contributed by atoms with van der Waals surface area (Å²) in [5.41, 5.74) is 8.07. The molecule has 1 aromatic carbocycles. The van der Waals surface area contributed by atoms with Gasteiger partial charge in [0.05, 0.1) is 12.7 Å². The van der Waals surface area contributed by atoms with E-state index in [1.165, 1.54) is 5.56 Å². The van der Waals surface area contributed by atoms with Crippen molar-refractivity contribution in [1.82, 2.24) is 4.90 Å². The fraction of sp³-hybridized carbons (Fsp3) is 0.538. The fourth-order valence-corrected chi connectivity index (χ4v) is 2.50. The summed E-state index contributed by atoms with van der Waals surface area (Å²) in [6.07, 6.45) is 0.308. The van der Waals surface area contributed by atoms with Crippen molar-refractivity contribution in [3.05, 3.63) is 28.2 Å². The number of rotatable bonds is 2. The number of nitrogens with zero attached hydrogens (tertiary/aromatic N) is 1. The zero-order valence-electron chi connectivity index (χ0n) is 10.3. The van der Waals surface area contributed by atoms with Gasteiger partial charge in [-0.25, -0.2) is 0 Å². The van der Waals surface area contributed by atoms with Crippen molar-refractivity contribution < 1.29 is 4.74 Å². The molecule has 0 bridgehead atoms. The summed E-state index contributed by atoms with van der Waals surface area (Å²) in [6, 6.07) is 6.55. The van der Waals surface area contributed by atoms with Gasteiger partial charge in [0, 0.05) is 29.3 Å². The zero-order valence-corrected chi connectivity index (χ0v) is 11.9. The van der Waals surface area contributed by atoms with Crippen LogP contribution in [0.15, 0.2) is 22.7 Å². The summed E-state index contributed by atoms with van der Waals surface area (Å²) in [7, 11) is 0.